The monoisotopic (exact) mass is 340 g/mol. The van der Waals surface area contributed by atoms with Gasteiger partial charge in [0.05, 0.1) is 11.9 Å². The van der Waals surface area contributed by atoms with Gasteiger partial charge in [0, 0.05) is 20.5 Å². The second-order valence-corrected chi connectivity index (χ2v) is 6.69. The molecule has 0 atom stereocenters. The Bertz CT molecular complexity index is 935. The molecule has 3 rings (SSSR count). The highest BCUT2D eigenvalue weighted by molar-refractivity contribution is 7.18. The average Bonchev–Trinajstić information content (AvgIpc) is 2.78. The summed E-state index contributed by atoms with van der Waals surface area (Å²) in [5, 5.41) is 1.35. The number of thiophene rings is 1. The van der Waals surface area contributed by atoms with Gasteiger partial charge in [-0.2, -0.15) is 0 Å². The number of nitrogens with zero attached hydrogens (tertiary/aromatic N) is 1. The molecule has 0 aliphatic rings. The SMILES string of the molecule is Cc1cc2c(=O)n(Cc3c(Cl)cccc3Cl)c(=O)[nH]c2s1. The Balaban J connectivity index is 2.22. The summed E-state index contributed by atoms with van der Waals surface area (Å²) in [6.45, 7) is 1.93. The van der Waals surface area contributed by atoms with Crippen molar-refractivity contribution in [1.82, 2.24) is 9.55 Å². The fraction of sp³-hybridized carbons (Fsp3) is 0.143. The van der Waals surface area contributed by atoms with Crippen molar-refractivity contribution in [3.63, 3.8) is 0 Å². The first-order valence-electron chi connectivity index (χ1n) is 6.13. The van der Waals surface area contributed by atoms with Crippen LogP contribution < -0.4 is 11.2 Å². The van der Waals surface area contributed by atoms with Gasteiger partial charge >= 0.3 is 5.69 Å². The predicted octanol–water partition coefficient (Wildman–Crippen LogP) is 3.41. The van der Waals surface area contributed by atoms with E-state index < -0.39 is 5.69 Å². The van der Waals surface area contributed by atoms with Crippen molar-refractivity contribution in [3.8, 4) is 0 Å². The van der Waals surface area contributed by atoms with Gasteiger partial charge in [0.25, 0.3) is 5.56 Å². The lowest BCUT2D eigenvalue weighted by molar-refractivity contribution is 0.713. The topological polar surface area (TPSA) is 54.9 Å². The van der Waals surface area contributed by atoms with E-state index in [0.29, 0.717) is 25.8 Å². The minimum Gasteiger partial charge on any atom is -0.298 e. The molecule has 0 saturated heterocycles. The van der Waals surface area contributed by atoms with Gasteiger partial charge in [-0.1, -0.05) is 29.3 Å². The van der Waals surface area contributed by atoms with E-state index >= 15 is 0 Å². The lowest BCUT2D eigenvalue weighted by Gasteiger charge is -2.08. The van der Waals surface area contributed by atoms with Crippen LogP contribution in [0.1, 0.15) is 10.4 Å². The maximum absolute atomic E-state index is 12.5. The first-order chi connectivity index (χ1) is 9.97. The number of H-pyrrole nitrogens is 1. The van der Waals surface area contributed by atoms with E-state index in [4.69, 9.17) is 23.2 Å². The molecule has 2 aromatic heterocycles. The lowest BCUT2D eigenvalue weighted by Crippen LogP contribution is -2.35. The molecule has 7 heteroatoms. The van der Waals surface area contributed by atoms with Crippen molar-refractivity contribution in [3.05, 3.63) is 65.6 Å². The highest BCUT2D eigenvalue weighted by atomic mass is 35.5. The normalized spacial score (nSPS) is 11.2. The van der Waals surface area contributed by atoms with Crippen LogP contribution in [0.15, 0.2) is 33.9 Å². The van der Waals surface area contributed by atoms with Crippen LogP contribution in [0, 0.1) is 6.92 Å². The molecule has 0 radical (unpaired) electrons. The zero-order valence-corrected chi connectivity index (χ0v) is 13.3. The van der Waals surface area contributed by atoms with Gasteiger partial charge in [-0.3, -0.25) is 14.3 Å². The van der Waals surface area contributed by atoms with Gasteiger partial charge in [-0.15, -0.1) is 11.3 Å². The number of halogens is 2. The molecule has 1 N–H and O–H groups in total. The minimum absolute atomic E-state index is 0.0392. The highest BCUT2D eigenvalue weighted by Gasteiger charge is 2.13. The summed E-state index contributed by atoms with van der Waals surface area (Å²) in [6, 6.07) is 6.83. The molecular formula is C14H10Cl2N2O2S. The van der Waals surface area contributed by atoms with Crippen LogP contribution in [0.4, 0.5) is 0 Å². The number of fused-ring (bicyclic) bond motifs is 1. The molecule has 2 heterocycles. The first kappa shape index (κ1) is 14.4. The molecular weight excluding hydrogens is 331 g/mol. The molecule has 0 fully saturated rings. The Morgan fingerprint density at radius 2 is 1.90 bits per heavy atom. The number of hydrogen-bond donors (Lipinski definition) is 1. The Hall–Kier alpha value is -1.56. The van der Waals surface area contributed by atoms with Crippen molar-refractivity contribution in [2.45, 2.75) is 13.5 Å². The molecule has 0 amide bonds. The molecule has 0 aliphatic carbocycles. The Labute approximate surface area is 133 Å². The van der Waals surface area contributed by atoms with Crippen molar-refractivity contribution in [2.75, 3.05) is 0 Å². The summed E-state index contributed by atoms with van der Waals surface area (Å²) < 4.78 is 1.11. The molecule has 0 saturated carbocycles. The summed E-state index contributed by atoms with van der Waals surface area (Å²) in [5.74, 6) is 0. The van der Waals surface area contributed by atoms with E-state index in [-0.39, 0.29) is 12.1 Å². The Kier molecular flexibility index (Phi) is 3.65. The molecule has 3 aromatic rings. The number of hydrogen-bond acceptors (Lipinski definition) is 3. The smallest absolute Gasteiger partial charge is 0.298 e. The van der Waals surface area contributed by atoms with Gasteiger partial charge in [-0.05, 0) is 25.1 Å². The van der Waals surface area contributed by atoms with Gasteiger partial charge in [-0.25, -0.2) is 4.79 Å². The van der Waals surface area contributed by atoms with Crippen molar-refractivity contribution >= 4 is 44.8 Å². The van der Waals surface area contributed by atoms with Crippen molar-refractivity contribution in [1.29, 1.82) is 0 Å². The van der Waals surface area contributed by atoms with Crippen LogP contribution in [-0.4, -0.2) is 9.55 Å². The second-order valence-electron chi connectivity index (χ2n) is 4.62. The van der Waals surface area contributed by atoms with E-state index in [1.54, 1.807) is 24.3 Å². The third-order valence-electron chi connectivity index (χ3n) is 3.17. The third kappa shape index (κ3) is 2.52. The van der Waals surface area contributed by atoms with Gasteiger partial charge in [0.1, 0.15) is 4.83 Å². The van der Waals surface area contributed by atoms with Crippen LogP contribution in [0.25, 0.3) is 10.2 Å². The molecule has 108 valence electrons. The van der Waals surface area contributed by atoms with Crippen molar-refractivity contribution < 1.29 is 0 Å². The number of rotatable bonds is 2. The lowest BCUT2D eigenvalue weighted by atomic mass is 10.2. The summed E-state index contributed by atoms with van der Waals surface area (Å²) >= 11 is 13.6. The fourth-order valence-electron chi connectivity index (χ4n) is 2.15. The molecule has 0 unspecified atom stereocenters. The number of benzene rings is 1. The van der Waals surface area contributed by atoms with Crippen LogP contribution in [-0.2, 0) is 6.54 Å². The Morgan fingerprint density at radius 3 is 2.57 bits per heavy atom. The molecule has 0 aliphatic heterocycles. The maximum Gasteiger partial charge on any atom is 0.329 e. The third-order valence-corrected chi connectivity index (χ3v) is 4.85. The molecule has 1 aromatic carbocycles. The van der Waals surface area contributed by atoms with Crippen LogP contribution >= 0.6 is 34.5 Å². The van der Waals surface area contributed by atoms with Gasteiger partial charge in [0.15, 0.2) is 0 Å². The summed E-state index contributed by atoms with van der Waals surface area (Å²) in [5.41, 5.74) is -0.251. The van der Waals surface area contributed by atoms with Crippen LogP contribution in [0.5, 0.6) is 0 Å². The van der Waals surface area contributed by atoms with Crippen LogP contribution in [0.3, 0.4) is 0 Å². The summed E-state index contributed by atoms with van der Waals surface area (Å²) in [6.07, 6.45) is 0. The minimum atomic E-state index is -0.467. The summed E-state index contributed by atoms with van der Waals surface area (Å²) in [4.78, 5) is 28.8. The number of aryl methyl sites for hydroxylation is 1. The summed E-state index contributed by atoms with van der Waals surface area (Å²) in [7, 11) is 0. The zero-order valence-electron chi connectivity index (χ0n) is 10.9. The van der Waals surface area contributed by atoms with E-state index in [2.05, 4.69) is 4.98 Å². The molecule has 21 heavy (non-hydrogen) atoms. The Morgan fingerprint density at radius 1 is 1.24 bits per heavy atom. The molecule has 0 bridgehead atoms. The average molecular weight is 341 g/mol. The van der Waals surface area contributed by atoms with Gasteiger partial charge in [0.2, 0.25) is 0 Å². The van der Waals surface area contributed by atoms with Crippen LogP contribution in [0.2, 0.25) is 10.0 Å². The zero-order chi connectivity index (χ0) is 15.1. The van der Waals surface area contributed by atoms with Crippen molar-refractivity contribution in [2.24, 2.45) is 0 Å². The van der Waals surface area contributed by atoms with E-state index in [1.165, 1.54) is 11.3 Å². The largest absolute Gasteiger partial charge is 0.329 e. The maximum atomic E-state index is 12.5. The van der Waals surface area contributed by atoms with E-state index in [9.17, 15) is 9.59 Å². The molecule has 4 nitrogen and oxygen atoms in total. The quantitative estimate of drug-likeness (QED) is 0.777. The number of aromatic nitrogens is 2. The second kappa shape index (κ2) is 5.33. The van der Waals surface area contributed by atoms with E-state index in [0.717, 1.165) is 9.44 Å². The number of aromatic amines is 1. The van der Waals surface area contributed by atoms with Gasteiger partial charge < -0.3 is 0 Å². The van der Waals surface area contributed by atoms with E-state index in [1.807, 2.05) is 6.92 Å². The number of nitrogens with one attached hydrogen (secondary N) is 1. The highest BCUT2D eigenvalue weighted by Crippen LogP contribution is 2.25. The fourth-order valence-corrected chi connectivity index (χ4v) is 3.56. The molecule has 0 spiro atoms. The predicted molar refractivity (Wildman–Crippen MR) is 87.0 cm³/mol. The first-order valence-corrected chi connectivity index (χ1v) is 7.71. The standard InChI is InChI=1S/C14H10Cl2N2O2S/c1-7-5-8-12(21-7)17-14(20)18(13(8)19)6-9-10(15)3-2-4-11(9)16/h2-5H,6H2,1H3,(H,17,20).